The number of benzene rings is 2. The Kier molecular flexibility index (Phi) is 11.1. The molecular formula is C32H32ClF2N5O5S. The van der Waals surface area contributed by atoms with Crippen LogP contribution in [-0.4, -0.2) is 56.4 Å². The van der Waals surface area contributed by atoms with Crippen LogP contribution in [0.1, 0.15) is 55.7 Å². The number of carbonyl (C=O) groups excluding carboxylic acids is 3. The van der Waals surface area contributed by atoms with Crippen molar-refractivity contribution in [2.45, 2.75) is 61.4 Å². The summed E-state index contributed by atoms with van der Waals surface area (Å²) in [6, 6.07) is 15.7. The summed E-state index contributed by atoms with van der Waals surface area (Å²) in [5.41, 5.74) is 1.04. The van der Waals surface area contributed by atoms with E-state index in [2.05, 4.69) is 10.3 Å². The Morgan fingerprint density at radius 3 is 2.50 bits per heavy atom. The van der Waals surface area contributed by atoms with Crippen molar-refractivity contribution in [3.8, 4) is 6.07 Å². The third-order valence-electron chi connectivity index (χ3n) is 7.67. The number of aromatic nitrogens is 1. The molecule has 2 fully saturated rings. The van der Waals surface area contributed by atoms with Gasteiger partial charge in [0, 0.05) is 60.6 Å². The number of nitrogens with one attached hydrogen (secondary N) is 1. The third-order valence-corrected chi connectivity index (χ3v) is 9.13. The van der Waals surface area contributed by atoms with Crippen LogP contribution in [-0.2, 0) is 24.2 Å². The average Bonchev–Trinajstić information content (AvgIpc) is 3.47. The molecule has 1 atom stereocenters. The lowest BCUT2D eigenvalue weighted by atomic mass is 9.91. The molecule has 0 bridgehead atoms. The van der Waals surface area contributed by atoms with Crippen LogP contribution in [0.2, 0.25) is 5.02 Å². The zero-order valence-electron chi connectivity index (χ0n) is 24.9. The first-order chi connectivity index (χ1) is 21.8. The van der Waals surface area contributed by atoms with Gasteiger partial charge in [-0.25, -0.2) is 22.2 Å². The number of halogens is 3. The van der Waals surface area contributed by atoms with Crippen LogP contribution in [0.4, 0.5) is 20.3 Å². The number of hydrogen-bond acceptors (Lipinski definition) is 7. The summed E-state index contributed by atoms with van der Waals surface area (Å²) in [4.78, 5) is 43.6. The molecule has 1 saturated carbocycles. The van der Waals surface area contributed by atoms with Crippen molar-refractivity contribution >= 4 is 51.2 Å². The number of carbonyl (C=O) groups is 3. The monoisotopic (exact) mass is 671 g/mol. The normalized spacial score (nSPS) is 16.8. The molecule has 2 heterocycles. The predicted molar refractivity (Wildman–Crippen MR) is 168 cm³/mol. The third kappa shape index (κ3) is 8.64. The highest BCUT2D eigenvalue weighted by Crippen LogP contribution is 2.35. The fourth-order valence-electron chi connectivity index (χ4n) is 5.25. The second kappa shape index (κ2) is 14.8. The smallest absolute Gasteiger partial charge is 0.248 e. The van der Waals surface area contributed by atoms with Gasteiger partial charge in [0.05, 0.1) is 16.5 Å². The van der Waals surface area contributed by atoms with Crippen LogP contribution in [0.25, 0.3) is 0 Å². The fraction of sp³-hybridized carbons (Fsp3) is 0.344. The van der Waals surface area contributed by atoms with E-state index in [1.807, 2.05) is 6.07 Å². The Hall–Kier alpha value is -4.41. The van der Waals surface area contributed by atoms with Crippen molar-refractivity contribution < 1.29 is 31.6 Å². The number of alkyl halides is 2. The van der Waals surface area contributed by atoms with Gasteiger partial charge >= 0.3 is 0 Å². The number of pyridine rings is 1. The minimum atomic E-state index is -3.56. The molecule has 1 aromatic heterocycles. The van der Waals surface area contributed by atoms with E-state index in [4.69, 9.17) is 16.9 Å². The van der Waals surface area contributed by atoms with E-state index in [0.717, 1.165) is 17.6 Å². The van der Waals surface area contributed by atoms with Gasteiger partial charge in [-0.1, -0.05) is 35.9 Å². The number of hydrogen-bond donors (Lipinski definition) is 1. The first-order valence-electron chi connectivity index (χ1n) is 14.5. The molecule has 1 unspecified atom stereocenters. The van der Waals surface area contributed by atoms with Crippen LogP contribution in [0.3, 0.4) is 0 Å². The Morgan fingerprint density at radius 2 is 1.89 bits per heavy atom. The van der Waals surface area contributed by atoms with Crippen molar-refractivity contribution in [2.24, 2.45) is 0 Å². The molecule has 0 spiro atoms. The highest BCUT2D eigenvalue weighted by atomic mass is 35.5. The number of anilines is 2. The summed E-state index contributed by atoms with van der Waals surface area (Å²) in [7, 11) is -3.56. The zero-order chi connectivity index (χ0) is 33.5. The van der Waals surface area contributed by atoms with Crippen molar-refractivity contribution in [1.29, 1.82) is 5.26 Å². The maximum atomic E-state index is 13.5. The number of amides is 3. The summed E-state index contributed by atoms with van der Waals surface area (Å²) >= 11 is 6.32. The van der Waals surface area contributed by atoms with Crippen LogP contribution < -0.4 is 15.1 Å². The standard InChI is InChI=1S/C22H23ClF2N2O4S.C10H9N3O/c1-32(30,31)17-6-4-5-16(13-17)27(14-28)20(18-7-2-3-8-19(18)23)21(29)26-15-9-11-22(24,25)12-10-15;11-7-8-3-4-12-9(6-8)13-5-1-2-10(13)14/h2-8,13-15,20H,9-12H2,1H3,(H,26,29);3-4,6H,1-2,5H2. The number of nitrogens with zero attached hydrogens (tertiary/aromatic N) is 4. The minimum Gasteiger partial charge on any atom is -0.351 e. The molecule has 2 aromatic carbocycles. The Bertz CT molecular complexity index is 1740. The topological polar surface area (TPSA) is 141 Å². The molecule has 1 aliphatic heterocycles. The van der Waals surface area contributed by atoms with Gasteiger partial charge in [-0.3, -0.25) is 24.2 Å². The fourth-order valence-corrected chi connectivity index (χ4v) is 6.15. The molecule has 1 aliphatic carbocycles. The molecule has 46 heavy (non-hydrogen) atoms. The largest absolute Gasteiger partial charge is 0.351 e. The van der Waals surface area contributed by atoms with E-state index < -0.39 is 33.8 Å². The molecule has 10 nitrogen and oxygen atoms in total. The Labute approximate surface area is 270 Å². The van der Waals surface area contributed by atoms with E-state index in [1.54, 1.807) is 47.5 Å². The summed E-state index contributed by atoms with van der Waals surface area (Å²) in [5.74, 6) is -2.66. The SMILES string of the molecule is CS(=O)(=O)c1cccc(N(C=O)C(C(=O)NC2CCC(F)(F)CC2)c2ccccc2Cl)c1.N#Cc1ccnc(N2CCCC2=O)c1. The van der Waals surface area contributed by atoms with E-state index in [0.29, 0.717) is 36.3 Å². The zero-order valence-corrected chi connectivity index (χ0v) is 26.5. The van der Waals surface area contributed by atoms with E-state index in [-0.39, 0.29) is 47.2 Å². The first-order valence-corrected chi connectivity index (χ1v) is 16.7. The molecule has 1 N–H and O–H groups in total. The molecule has 3 amide bonds. The van der Waals surface area contributed by atoms with Gasteiger partial charge in [0.25, 0.3) is 0 Å². The molecule has 242 valence electrons. The molecule has 2 aliphatic rings. The molecule has 3 aromatic rings. The van der Waals surface area contributed by atoms with Crippen LogP contribution >= 0.6 is 11.6 Å². The highest BCUT2D eigenvalue weighted by molar-refractivity contribution is 7.90. The number of sulfone groups is 1. The first kappa shape index (κ1) is 34.5. The molecule has 1 saturated heterocycles. The maximum absolute atomic E-state index is 13.5. The van der Waals surface area contributed by atoms with E-state index in [1.165, 1.54) is 24.3 Å². The van der Waals surface area contributed by atoms with Crippen molar-refractivity contribution in [3.05, 3.63) is 83.0 Å². The molecule has 0 radical (unpaired) electrons. The highest BCUT2D eigenvalue weighted by Gasteiger charge is 2.37. The van der Waals surface area contributed by atoms with Gasteiger partial charge in [-0.15, -0.1) is 0 Å². The van der Waals surface area contributed by atoms with Gasteiger partial charge in [0.1, 0.15) is 11.9 Å². The number of nitriles is 1. The summed E-state index contributed by atoms with van der Waals surface area (Å²) in [6.07, 6.45) is 4.02. The van der Waals surface area contributed by atoms with Gasteiger partial charge in [0.2, 0.25) is 24.1 Å². The second-order valence-electron chi connectivity index (χ2n) is 11.0. The minimum absolute atomic E-state index is 0.0188. The summed E-state index contributed by atoms with van der Waals surface area (Å²) in [6.45, 7) is 0.709. The molecule has 5 rings (SSSR count). The second-order valence-corrected chi connectivity index (χ2v) is 13.4. The van der Waals surface area contributed by atoms with Gasteiger partial charge in [0.15, 0.2) is 9.84 Å². The lowest BCUT2D eigenvalue weighted by molar-refractivity contribution is -0.125. The average molecular weight is 672 g/mol. The Morgan fingerprint density at radius 1 is 1.17 bits per heavy atom. The predicted octanol–water partition coefficient (Wildman–Crippen LogP) is 5.22. The molecule has 14 heteroatoms. The van der Waals surface area contributed by atoms with Crippen LogP contribution in [0, 0.1) is 11.3 Å². The van der Waals surface area contributed by atoms with Crippen molar-refractivity contribution in [1.82, 2.24) is 10.3 Å². The van der Waals surface area contributed by atoms with E-state index >= 15 is 0 Å². The number of rotatable bonds is 8. The van der Waals surface area contributed by atoms with Crippen molar-refractivity contribution in [3.63, 3.8) is 0 Å². The van der Waals surface area contributed by atoms with Gasteiger partial charge in [-0.2, -0.15) is 5.26 Å². The quantitative estimate of drug-likeness (QED) is 0.324. The lowest BCUT2D eigenvalue weighted by Crippen LogP contribution is -2.46. The summed E-state index contributed by atoms with van der Waals surface area (Å²) in [5, 5.41) is 11.7. The van der Waals surface area contributed by atoms with Gasteiger partial charge in [-0.05, 0) is 55.7 Å². The Balaban J connectivity index is 0.000000284. The summed E-state index contributed by atoms with van der Waals surface area (Å²) < 4.78 is 50.9. The van der Waals surface area contributed by atoms with Gasteiger partial charge < -0.3 is 5.32 Å². The molecular weight excluding hydrogens is 640 g/mol. The lowest BCUT2D eigenvalue weighted by Gasteiger charge is -2.33. The van der Waals surface area contributed by atoms with Crippen LogP contribution in [0.5, 0.6) is 0 Å². The van der Waals surface area contributed by atoms with E-state index in [9.17, 15) is 31.6 Å². The van der Waals surface area contributed by atoms with Crippen molar-refractivity contribution in [2.75, 3.05) is 22.6 Å². The van der Waals surface area contributed by atoms with Crippen LogP contribution in [0.15, 0.2) is 71.8 Å². The maximum Gasteiger partial charge on any atom is 0.248 e.